The summed E-state index contributed by atoms with van der Waals surface area (Å²) in [7, 11) is 0. The maximum Gasteiger partial charge on any atom is 0.250 e. The molecule has 1 N–H and O–H groups in total. The average molecular weight is 393 g/mol. The van der Waals surface area contributed by atoms with E-state index in [4.69, 9.17) is 0 Å². The summed E-state index contributed by atoms with van der Waals surface area (Å²) in [5.41, 5.74) is 2.36. The zero-order chi connectivity index (χ0) is 20.6. The zero-order valence-corrected chi connectivity index (χ0v) is 17.0. The van der Waals surface area contributed by atoms with Crippen LogP contribution in [0.15, 0.2) is 54.4 Å². The van der Waals surface area contributed by atoms with E-state index in [1.807, 2.05) is 42.2 Å². The third kappa shape index (κ3) is 5.63. The molecule has 0 bridgehead atoms. The van der Waals surface area contributed by atoms with Crippen molar-refractivity contribution < 1.29 is 9.59 Å². The Bertz CT molecular complexity index is 857. The quantitative estimate of drug-likeness (QED) is 0.764. The van der Waals surface area contributed by atoms with Crippen LogP contribution in [0.3, 0.4) is 0 Å². The molecule has 3 rings (SSSR count). The largest absolute Gasteiger partial charge is 0.339 e. The Morgan fingerprint density at radius 3 is 2.34 bits per heavy atom. The monoisotopic (exact) mass is 393 g/mol. The first-order chi connectivity index (χ1) is 14.1. The van der Waals surface area contributed by atoms with E-state index in [9.17, 15) is 9.59 Å². The molecule has 29 heavy (non-hydrogen) atoms. The van der Waals surface area contributed by atoms with Crippen LogP contribution in [-0.2, 0) is 16.0 Å². The second-order valence-electron chi connectivity index (χ2n) is 7.04. The van der Waals surface area contributed by atoms with E-state index >= 15 is 0 Å². The standard InChI is InChI=1S/C22H27N5O2/c1-3-5-17(2)21(29)25-19-8-6-18(7-9-19)16-20(28)26-12-14-27(15-13-26)22-23-10-4-11-24-22/h4-11H,3,12-16H2,1-2H3,(H,25,29)/b17-5-. The van der Waals surface area contributed by atoms with Crippen molar-refractivity contribution in [1.82, 2.24) is 14.9 Å². The van der Waals surface area contributed by atoms with Crippen LogP contribution >= 0.6 is 0 Å². The number of hydrogen-bond acceptors (Lipinski definition) is 5. The first-order valence-electron chi connectivity index (χ1n) is 9.93. The number of allylic oxidation sites excluding steroid dienone is 1. The van der Waals surface area contributed by atoms with Gasteiger partial charge >= 0.3 is 0 Å². The molecule has 0 atom stereocenters. The molecule has 1 aromatic carbocycles. The lowest BCUT2D eigenvalue weighted by molar-refractivity contribution is -0.130. The third-order valence-electron chi connectivity index (χ3n) is 4.90. The minimum Gasteiger partial charge on any atom is -0.339 e. The van der Waals surface area contributed by atoms with E-state index in [1.165, 1.54) is 0 Å². The van der Waals surface area contributed by atoms with Gasteiger partial charge in [-0.2, -0.15) is 0 Å². The van der Waals surface area contributed by atoms with E-state index in [0.29, 0.717) is 31.0 Å². The van der Waals surface area contributed by atoms with Crippen LogP contribution in [0, 0.1) is 0 Å². The maximum atomic E-state index is 12.6. The molecule has 152 valence electrons. The summed E-state index contributed by atoms with van der Waals surface area (Å²) in [6, 6.07) is 9.25. The average Bonchev–Trinajstić information content (AvgIpc) is 2.76. The van der Waals surface area contributed by atoms with E-state index in [-0.39, 0.29) is 11.8 Å². The Kier molecular flexibility index (Phi) is 6.94. The summed E-state index contributed by atoms with van der Waals surface area (Å²) >= 11 is 0. The highest BCUT2D eigenvalue weighted by Crippen LogP contribution is 2.14. The van der Waals surface area contributed by atoms with Gasteiger partial charge in [0.05, 0.1) is 6.42 Å². The number of amides is 2. The van der Waals surface area contributed by atoms with Gasteiger partial charge in [-0.1, -0.05) is 25.1 Å². The molecule has 1 fully saturated rings. The number of piperazine rings is 1. The number of anilines is 2. The number of nitrogens with one attached hydrogen (secondary N) is 1. The van der Waals surface area contributed by atoms with Crippen LogP contribution in [0.25, 0.3) is 0 Å². The highest BCUT2D eigenvalue weighted by Gasteiger charge is 2.22. The van der Waals surface area contributed by atoms with Gasteiger partial charge in [-0.15, -0.1) is 0 Å². The van der Waals surface area contributed by atoms with Crippen molar-refractivity contribution in [3.8, 4) is 0 Å². The molecule has 0 saturated carbocycles. The Hall–Kier alpha value is -3.22. The maximum absolute atomic E-state index is 12.6. The first kappa shape index (κ1) is 20.5. The molecule has 7 heteroatoms. The molecule has 2 heterocycles. The molecule has 0 aliphatic carbocycles. The normalized spacial score (nSPS) is 14.6. The van der Waals surface area contributed by atoms with Crippen molar-refractivity contribution in [2.75, 3.05) is 36.4 Å². The van der Waals surface area contributed by atoms with Crippen molar-refractivity contribution in [1.29, 1.82) is 0 Å². The summed E-state index contributed by atoms with van der Waals surface area (Å²) in [5.74, 6) is 0.717. The highest BCUT2D eigenvalue weighted by atomic mass is 16.2. The Morgan fingerprint density at radius 1 is 1.07 bits per heavy atom. The van der Waals surface area contributed by atoms with Gasteiger partial charge in [0, 0.05) is 49.8 Å². The number of aromatic nitrogens is 2. The first-order valence-corrected chi connectivity index (χ1v) is 9.93. The summed E-state index contributed by atoms with van der Waals surface area (Å²) in [6.45, 7) is 6.58. The van der Waals surface area contributed by atoms with Crippen LogP contribution < -0.4 is 10.2 Å². The fourth-order valence-corrected chi connectivity index (χ4v) is 3.23. The molecular weight excluding hydrogens is 366 g/mol. The van der Waals surface area contributed by atoms with E-state index in [2.05, 4.69) is 20.2 Å². The van der Waals surface area contributed by atoms with Gasteiger partial charge in [0.1, 0.15) is 0 Å². The molecule has 1 aliphatic heterocycles. The van der Waals surface area contributed by atoms with E-state index in [1.54, 1.807) is 25.4 Å². The number of rotatable bonds is 6. The Morgan fingerprint density at radius 2 is 1.72 bits per heavy atom. The third-order valence-corrected chi connectivity index (χ3v) is 4.90. The second kappa shape index (κ2) is 9.82. The number of carbonyl (C=O) groups is 2. The molecule has 2 aromatic rings. The number of carbonyl (C=O) groups excluding carboxylic acids is 2. The predicted octanol–water partition coefficient (Wildman–Crippen LogP) is 2.66. The SMILES string of the molecule is CC/C=C(/C)C(=O)Nc1ccc(CC(=O)N2CCN(c3ncccn3)CC2)cc1. The Labute approximate surface area is 171 Å². The van der Waals surface area contributed by atoms with Crippen molar-refractivity contribution >= 4 is 23.5 Å². The molecule has 1 saturated heterocycles. The van der Waals surface area contributed by atoms with Crippen LogP contribution in [0.2, 0.25) is 0 Å². The van der Waals surface area contributed by atoms with Gasteiger partial charge in [0.15, 0.2) is 0 Å². The fraction of sp³-hybridized carbons (Fsp3) is 0.364. The molecule has 0 radical (unpaired) electrons. The molecular formula is C22H27N5O2. The van der Waals surface area contributed by atoms with Gasteiger partial charge in [-0.25, -0.2) is 9.97 Å². The molecule has 0 unspecified atom stereocenters. The lowest BCUT2D eigenvalue weighted by Gasteiger charge is -2.34. The van der Waals surface area contributed by atoms with Crippen molar-refractivity contribution in [3.63, 3.8) is 0 Å². The van der Waals surface area contributed by atoms with Gasteiger partial charge in [-0.3, -0.25) is 9.59 Å². The van der Waals surface area contributed by atoms with Gasteiger partial charge in [-0.05, 0) is 37.1 Å². The van der Waals surface area contributed by atoms with E-state index < -0.39 is 0 Å². The summed E-state index contributed by atoms with van der Waals surface area (Å²) < 4.78 is 0. The van der Waals surface area contributed by atoms with E-state index in [0.717, 1.165) is 30.8 Å². The van der Waals surface area contributed by atoms with Crippen molar-refractivity contribution in [3.05, 3.63) is 59.9 Å². The van der Waals surface area contributed by atoms with Gasteiger partial charge < -0.3 is 15.1 Å². The summed E-state index contributed by atoms with van der Waals surface area (Å²) in [4.78, 5) is 37.2. The number of benzene rings is 1. The molecule has 2 amide bonds. The second-order valence-corrected chi connectivity index (χ2v) is 7.04. The molecule has 1 aromatic heterocycles. The smallest absolute Gasteiger partial charge is 0.250 e. The number of hydrogen-bond donors (Lipinski definition) is 1. The fourth-order valence-electron chi connectivity index (χ4n) is 3.23. The number of nitrogens with zero attached hydrogens (tertiary/aromatic N) is 4. The molecule has 0 spiro atoms. The lowest BCUT2D eigenvalue weighted by atomic mass is 10.1. The summed E-state index contributed by atoms with van der Waals surface area (Å²) in [6.07, 6.45) is 6.53. The molecule has 1 aliphatic rings. The van der Waals surface area contributed by atoms with Crippen LogP contribution in [0.4, 0.5) is 11.6 Å². The zero-order valence-electron chi connectivity index (χ0n) is 17.0. The Balaban J connectivity index is 1.50. The van der Waals surface area contributed by atoms with Crippen LogP contribution in [-0.4, -0.2) is 52.9 Å². The molecule has 7 nitrogen and oxygen atoms in total. The summed E-state index contributed by atoms with van der Waals surface area (Å²) in [5, 5.41) is 2.87. The minimum atomic E-state index is -0.101. The minimum absolute atomic E-state index is 0.101. The predicted molar refractivity (Wildman–Crippen MR) is 114 cm³/mol. The topological polar surface area (TPSA) is 78.4 Å². The lowest BCUT2D eigenvalue weighted by Crippen LogP contribution is -2.49. The highest BCUT2D eigenvalue weighted by molar-refractivity contribution is 6.03. The van der Waals surface area contributed by atoms with Crippen molar-refractivity contribution in [2.24, 2.45) is 0 Å². The van der Waals surface area contributed by atoms with Gasteiger partial charge in [0.25, 0.3) is 5.91 Å². The van der Waals surface area contributed by atoms with Crippen LogP contribution in [0.5, 0.6) is 0 Å². The van der Waals surface area contributed by atoms with Gasteiger partial charge in [0.2, 0.25) is 11.9 Å². The van der Waals surface area contributed by atoms with Crippen LogP contribution in [0.1, 0.15) is 25.8 Å². The van der Waals surface area contributed by atoms with Crippen molar-refractivity contribution in [2.45, 2.75) is 26.7 Å².